The van der Waals surface area contributed by atoms with Crippen molar-refractivity contribution in [3.63, 3.8) is 0 Å². The number of carbonyl (C=O) groups excluding carboxylic acids is 1. The molecule has 2 aromatic rings. The van der Waals surface area contributed by atoms with E-state index in [9.17, 15) is 4.79 Å². The summed E-state index contributed by atoms with van der Waals surface area (Å²) in [4.78, 5) is 12.1. The molecular formula is C21H27BrN2O2. The Balaban J connectivity index is 1.82. The molecule has 0 bridgehead atoms. The van der Waals surface area contributed by atoms with E-state index in [1.807, 2.05) is 31.2 Å². The van der Waals surface area contributed by atoms with Crippen LogP contribution in [0.1, 0.15) is 36.5 Å². The van der Waals surface area contributed by atoms with Crippen LogP contribution in [0.4, 0.5) is 10.5 Å². The number of hydrogen-bond donors (Lipinski definition) is 2. The number of benzene rings is 2. The molecule has 2 aromatic carbocycles. The number of rotatable bonds is 8. The first-order chi connectivity index (χ1) is 12.5. The van der Waals surface area contributed by atoms with Crippen LogP contribution in [0.5, 0.6) is 5.75 Å². The lowest BCUT2D eigenvalue weighted by atomic mass is 10.0. The van der Waals surface area contributed by atoms with Crippen molar-refractivity contribution in [3.05, 3.63) is 57.6 Å². The van der Waals surface area contributed by atoms with Crippen LogP contribution in [0, 0.1) is 6.92 Å². The highest BCUT2D eigenvalue weighted by molar-refractivity contribution is 9.10. The fraction of sp³-hybridized carbons (Fsp3) is 0.381. The third kappa shape index (κ3) is 6.06. The van der Waals surface area contributed by atoms with Crippen molar-refractivity contribution in [2.24, 2.45) is 0 Å². The highest BCUT2D eigenvalue weighted by Crippen LogP contribution is 2.25. The lowest BCUT2D eigenvalue weighted by molar-refractivity contribution is 0.252. The molecule has 2 N–H and O–H groups in total. The zero-order valence-electron chi connectivity index (χ0n) is 15.7. The highest BCUT2D eigenvalue weighted by Gasteiger charge is 2.06. The Morgan fingerprint density at radius 1 is 1.12 bits per heavy atom. The fourth-order valence-electron chi connectivity index (χ4n) is 2.75. The summed E-state index contributed by atoms with van der Waals surface area (Å²) in [5.74, 6) is 0.803. The number of amides is 2. The molecule has 0 saturated heterocycles. The van der Waals surface area contributed by atoms with E-state index in [-0.39, 0.29) is 6.03 Å². The molecule has 26 heavy (non-hydrogen) atoms. The van der Waals surface area contributed by atoms with E-state index in [1.54, 1.807) is 7.11 Å². The average molecular weight is 419 g/mol. The number of ether oxygens (including phenoxy) is 1. The van der Waals surface area contributed by atoms with Gasteiger partial charge in [0.15, 0.2) is 0 Å². The van der Waals surface area contributed by atoms with Crippen LogP contribution >= 0.6 is 15.9 Å². The first kappa shape index (κ1) is 20.3. The van der Waals surface area contributed by atoms with E-state index in [0.717, 1.165) is 39.9 Å². The van der Waals surface area contributed by atoms with E-state index in [0.29, 0.717) is 6.54 Å². The Kier molecular flexibility index (Phi) is 7.98. The van der Waals surface area contributed by atoms with E-state index < -0.39 is 0 Å². The first-order valence-electron chi connectivity index (χ1n) is 9.00. The number of urea groups is 1. The minimum Gasteiger partial charge on any atom is -0.496 e. The van der Waals surface area contributed by atoms with Crippen LogP contribution in [0.15, 0.2) is 40.9 Å². The van der Waals surface area contributed by atoms with Crippen LogP contribution in [-0.4, -0.2) is 19.7 Å². The maximum absolute atomic E-state index is 12.1. The Hall–Kier alpha value is -2.01. The molecule has 0 spiro atoms. The van der Waals surface area contributed by atoms with E-state index >= 15 is 0 Å². The summed E-state index contributed by atoms with van der Waals surface area (Å²) in [5.41, 5.74) is 4.40. The number of aryl methyl sites for hydroxylation is 2. The number of hydrogen-bond acceptors (Lipinski definition) is 2. The van der Waals surface area contributed by atoms with Crippen molar-refractivity contribution in [3.8, 4) is 5.75 Å². The zero-order valence-corrected chi connectivity index (χ0v) is 17.3. The Morgan fingerprint density at radius 3 is 2.50 bits per heavy atom. The zero-order chi connectivity index (χ0) is 18.9. The molecule has 0 saturated carbocycles. The minimum atomic E-state index is -0.179. The number of methoxy groups -OCH3 is 1. The SMILES string of the molecule is CCCCc1ccc(NC(=O)NCCc2ccc(OC)c(Br)c2)c(C)c1. The molecule has 5 heteroatoms. The van der Waals surface area contributed by atoms with Crippen LogP contribution in [-0.2, 0) is 12.8 Å². The van der Waals surface area contributed by atoms with Crippen LogP contribution in [0.3, 0.4) is 0 Å². The molecule has 0 heterocycles. The molecule has 2 amide bonds. The van der Waals surface area contributed by atoms with Gasteiger partial charge in [0.2, 0.25) is 0 Å². The van der Waals surface area contributed by atoms with Gasteiger partial charge in [-0.1, -0.05) is 31.5 Å². The molecular weight excluding hydrogens is 392 g/mol. The van der Waals surface area contributed by atoms with Gasteiger partial charge in [0.25, 0.3) is 0 Å². The molecule has 0 atom stereocenters. The summed E-state index contributed by atoms with van der Waals surface area (Å²) >= 11 is 3.48. The maximum atomic E-state index is 12.1. The molecule has 2 rings (SSSR count). The second-order valence-corrected chi connectivity index (χ2v) is 7.21. The summed E-state index contributed by atoms with van der Waals surface area (Å²) in [6.07, 6.45) is 4.21. The number of carbonyl (C=O) groups is 1. The summed E-state index contributed by atoms with van der Waals surface area (Å²) < 4.78 is 6.14. The van der Waals surface area contributed by atoms with Crippen molar-refractivity contribution in [1.29, 1.82) is 0 Å². The van der Waals surface area contributed by atoms with Gasteiger partial charge in [-0.05, 0) is 77.0 Å². The second-order valence-electron chi connectivity index (χ2n) is 6.35. The van der Waals surface area contributed by atoms with Crippen molar-refractivity contribution >= 4 is 27.6 Å². The van der Waals surface area contributed by atoms with E-state index in [1.165, 1.54) is 18.4 Å². The Labute approximate surface area is 164 Å². The molecule has 4 nitrogen and oxygen atoms in total. The lowest BCUT2D eigenvalue weighted by Crippen LogP contribution is -2.30. The maximum Gasteiger partial charge on any atom is 0.319 e. The van der Waals surface area contributed by atoms with Gasteiger partial charge in [0.1, 0.15) is 5.75 Å². The normalized spacial score (nSPS) is 10.5. The van der Waals surface area contributed by atoms with Gasteiger partial charge in [0.05, 0.1) is 11.6 Å². The van der Waals surface area contributed by atoms with Crippen molar-refractivity contribution in [2.75, 3.05) is 19.0 Å². The van der Waals surface area contributed by atoms with Gasteiger partial charge < -0.3 is 15.4 Å². The molecule has 0 fully saturated rings. The number of anilines is 1. The summed E-state index contributed by atoms with van der Waals surface area (Å²) in [5, 5.41) is 5.84. The molecule has 0 aromatic heterocycles. The van der Waals surface area contributed by atoms with Crippen molar-refractivity contribution < 1.29 is 9.53 Å². The summed E-state index contributed by atoms with van der Waals surface area (Å²) in [7, 11) is 1.64. The van der Waals surface area contributed by atoms with E-state index in [2.05, 4.69) is 45.6 Å². The largest absolute Gasteiger partial charge is 0.496 e. The van der Waals surface area contributed by atoms with E-state index in [4.69, 9.17) is 4.74 Å². The van der Waals surface area contributed by atoms with Crippen LogP contribution in [0.2, 0.25) is 0 Å². The minimum absolute atomic E-state index is 0.179. The summed E-state index contributed by atoms with van der Waals surface area (Å²) in [6.45, 7) is 4.79. The molecule has 140 valence electrons. The number of nitrogens with one attached hydrogen (secondary N) is 2. The highest BCUT2D eigenvalue weighted by atomic mass is 79.9. The Bertz CT molecular complexity index is 747. The molecule has 0 unspecified atom stereocenters. The van der Waals surface area contributed by atoms with Gasteiger partial charge in [0, 0.05) is 12.2 Å². The third-order valence-corrected chi connectivity index (χ3v) is 4.89. The predicted molar refractivity (Wildman–Crippen MR) is 111 cm³/mol. The number of unbranched alkanes of at least 4 members (excludes halogenated alkanes) is 1. The summed E-state index contributed by atoms with van der Waals surface area (Å²) in [6, 6.07) is 12.0. The smallest absolute Gasteiger partial charge is 0.319 e. The first-order valence-corrected chi connectivity index (χ1v) is 9.79. The van der Waals surface area contributed by atoms with Crippen LogP contribution < -0.4 is 15.4 Å². The lowest BCUT2D eigenvalue weighted by Gasteiger charge is -2.12. The Morgan fingerprint density at radius 2 is 1.85 bits per heavy atom. The standard InChI is InChI=1S/C21H27BrN2O2/c1-4-5-6-16-7-9-19(15(2)13-16)24-21(25)23-12-11-17-8-10-20(26-3)18(22)14-17/h7-10,13-14H,4-6,11-12H2,1-3H3,(H2,23,24,25). The third-order valence-electron chi connectivity index (χ3n) is 4.27. The van der Waals surface area contributed by atoms with Gasteiger partial charge in [-0.15, -0.1) is 0 Å². The van der Waals surface area contributed by atoms with Crippen LogP contribution in [0.25, 0.3) is 0 Å². The topological polar surface area (TPSA) is 50.4 Å². The molecule has 0 aliphatic rings. The monoisotopic (exact) mass is 418 g/mol. The predicted octanol–water partition coefficient (Wildman–Crippen LogP) is 5.47. The quantitative estimate of drug-likeness (QED) is 0.596. The van der Waals surface area contributed by atoms with Crippen molar-refractivity contribution in [2.45, 2.75) is 39.5 Å². The van der Waals surface area contributed by atoms with Crippen molar-refractivity contribution in [1.82, 2.24) is 5.32 Å². The molecule has 0 aliphatic carbocycles. The number of halogens is 1. The van der Waals surface area contributed by atoms with Gasteiger partial charge in [-0.2, -0.15) is 0 Å². The van der Waals surface area contributed by atoms with Gasteiger partial charge in [-0.3, -0.25) is 0 Å². The fourth-order valence-corrected chi connectivity index (χ4v) is 3.34. The molecule has 0 aliphatic heterocycles. The van der Waals surface area contributed by atoms with Gasteiger partial charge in [-0.25, -0.2) is 4.79 Å². The van der Waals surface area contributed by atoms with Gasteiger partial charge >= 0.3 is 6.03 Å². The second kappa shape index (κ2) is 10.2. The molecule has 0 radical (unpaired) electrons. The average Bonchev–Trinajstić information content (AvgIpc) is 2.62.